The summed E-state index contributed by atoms with van der Waals surface area (Å²) < 4.78 is 14.2. The number of halogens is 2. The predicted molar refractivity (Wildman–Crippen MR) is 72.1 cm³/mol. The van der Waals surface area contributed by atoms with Crippen molar-refractivity contribution in [3.8, 4) is 0 Å². The largest absolute Gasteiger partial charge is 0.336 e. The summed E-state index contributed by atoms with van der Waals surface area (Å²) in [6, 6.07) is 4.82. The minimum Gasteiger partial charge on any atom is -0.336 e. The van der Waals surface area contributed by atoms with Crippen molar-refractivity contribution in [3.63, 3.8) is 0 Å². The van der Waals surface area contributed by atoms with E-state index < -0.39 is 5.82 Å². The molecule has 98 valence electrons. The summed E-state index contributed by atoms with van der Waals surface area (Å²) in [5.74, 6) is -0.690. The van der Waals surface area contributed by atoms with Gasteiger partial charge in [0.15, 0.2) is 0 Å². The zero-order valence-corrected chi connectivity index (χ0v) is 11.9. The molecule has 1 fully saturated rings. The van der Waals surface area contributed by atoms with Gasteiger partial charge in [-0.15, -0.1) is 0 Å². The standard InChI is InChI=1S/C13H16BrFN2O/c1-2-16-6-8-17(9-7-16)13(18)10-4-3-5-11(14)12(10)15/h3-5H,2,6-9H2,1H3. The predicted octanol–water partition coefficient (Wildman–Crippen LogP) is 2.37. The van der Waals surface area contributed by atoms with Crippen molar-refractivity contribution in [2.45, 2.75) is 6.92 Å². The monoisotopic (exact) mass is 314 g/mol. The maximum absolute atomic E-state index is 13.8. The average molecular weight is 315 g/mol. The van der Waals surface area contributed by atoms with Crippen molar-refractivity contribution in [3.05, 3.63) is 34.1 Å². The lowest BCUT2D eigenvalue weighted by atomic mass is 10.1. The van der Waals surface area contributed by atoms with Crippen molar-refractivity contribution in [2.24, 2.45) is 0 Å². The quantitative estimate of drug-likeness (QED) is 0.836. The maximum atomic E-state index is 13.8. The number of piperazine rings is 1. The van der Waals surface area contributed by atoms with E-state index in [9.17, 15) is 9.18 Å². The number of likely N-dealkylation sites (N-methyl/N-ethyl adjacent to an activating group) is 1. The van der Waals surface area contributed by atoms with Crippen molar-refractivity contribution in [1.82, 2.24) is 9.80 Å². The number of amides is 1. The molecule has 1 aliphatic rings. The van der Waals surface area contributed by atoms with Gasteiger partial charge in [-0.2, -0.15) is 0 Å². The molecule has 2 rings (SSSR count). The first-order valence-electron chi connectivity index (χ1n) is 6.09. The van der Waals surface area contributed by atoms with Gasteiger partial charge in [-0.1, -0.05) is 13.0 Å². The number of carbonyl (C=O) groups is 1. The van der Waals surface area contributed by atoms with Crippen molar-refractivity contribution in [1.29, 1.82) is 0 Å². The molecular formula is C13H16BrFN2O. The fourth-order valence-electron chi connectivity index (χ4n) is 2.11. The summed E-state index contributed by atoms with van der Waals surface area (Å²) in [5, 5.41) is 0. The van der Waals surface area contributed by atoms with Crippen LogP contribution in [-0.2, 0) is 0 Å². The Bertz CT molecular complexity index is 445. The molecule has 3 nitrogen and oxygen atoms in total. The number of benzene rings is 1. The lowest BCUT2D eigenvalue weighted by Crippen LogP contribution is -2.48. The first kappa shape index (κ1) is 13.5. The molecule has 0 saturated carbocycles. The highest BCUT2D eigenvalue weighted by Crippen LogP contribution is 2.20. The molecule has 1 saturated heterocycles. The van der Waals surface area contributed by atoms with Gasteiger partial charge in [-0.05, 0) is 34.6 Å². The third-order valence-electron chi connectivity index (χ3n) is 3.29. The molecule has 0 N–H and O–H groups in total. The van der Waals surface area contributed by atoms with Crippen LogP contribution in [0, 0.1) is 5.82 Å². The van der Waals surface area contributed by atoms with E-state index in [0.717, 1.165) is 19.6 Å². The molecule has 0 aliphatic carbocycles. The Morgan fingerprint density at radius 1 is 1.33 bits per heavy atom. The number of hydrogen-bond donors (Lipinski definition) is 0. The van der Waals surface area contributed by atoms with Crippen LogP contribution in [0.25, 0.3) is 0 Å². The molecule has 1 aromatic rings. The van der Waals surface area contributed by atoms with Gasteiger partial charge in [0, 0.05) is 26.2 Å². The second-order valence-corrected chi connectivity index (χ2v) is 5.18. The first-order valence-corrected chi connectivity index (χ1v) is 6.88. The Morgan fingerprint density at radius 2 is 2.00 bits per heavy atom. The second kappa shape index (κ2) is 5.80. The molecule has 0 aromatic heterocycles. The van der Waals surface area contributed by atoms with Gasteiger partial charge in [0.25, 0.3) is 5.91 Å². The highest BCUT2D eigenvalue weighted by atomic mass is 79.9. The molecule has 5 heteroatoms. The van der Waals surface area contributed by atoms with E-state index in [-0.39, 0.29) is 11.5 Å². The van der Waals surface area contributed by atoms with Gasteiger partial charge in [-0.25, -0.2) is 4.39 Å². The fraction of sp³-hybridized carbons (Fsp3) is 0.462. The van der Waals surface area contributed by atoms with Crippen LogP contribution in [0.1, 0.15) is 17.3 Å². The Balaban J connectivity index is 2.10. The molecule has 1 aromatic carbocycles. The second-order valence-electron chi connectivity index (χ2n) is 4.33. The highest BCUT2D eigenvalue weighted by Gasteiger charge is 2.23. The zero-order chi connectivity index (χ0) is 13.1. The summed E-state index contributed by atoms with van der Waals surface area (Å²) in [5.41, 5.74) is 0.148. The Labute approximate surface area is 115 Å². The van der Waals surface area contributed by atoms with Gasteiger partial charge in [0.2, 0.25) is 0 Å². The summed E-state index contributed by atoms with van der Waals surface area (Å²) in [7, 11) is 0. The van der Waals surface area contributed by atoms with E-state index in [1.54, 1.807) is 17.0 Å². The van der Waals surface area contributed by atoms with Gasteiger partial charge < -0.3 is 9.80 Å². The van der Waals surface area contributed by atoms with Crippen LogP contribution in [0.2, 0.25) is 0 Å². The molecule has 1 aliphatic heterocycles. The summed E-state index contributed by atoms with van der Waals surface area (Å²) >= 11 is 3.11. The van der Waals surface area contributed by atoms with Crippen LogP contribution in [0.4, 0.5) is 4.39 Å². The summed E-state index contributed by atoms with van der Waals surface area (Å²) in [6.45, 7) is 6.14. The first-order chi connectivity index (χ1) is 8.63. The topological polar surface area (TPSA) is 23.6 Å². The van der Waals surface area contributed by atoms with E-state index in [4.69, 9.17) is 0 Å². The lowest BCUT2D eigenvalue weighted by molar-refractivity contribution is 0.0638. The molecule has 1 heterocycles. The van der Waals surface area contributed by atoms with Crippen molar-refractivity contribution >= 4 is 21.8 Å². The lowest BCUT2D eigenvalue weighted by Gasteiger charge is -2.34. The number of hydrogen-bond acceptors (Lipinski definition) is 2. The van der Waals surface area contributed by atoms with Crippen LogP contribution in [0.3, 0.4) is 0 Å². The van der Waals surface area contributed by atoms with Gasteiger partial charge >= 0.3 is 0 Å². The van der Waals surface area contributed by atoms with Crippen molar-refractivity contribution in [2.75, 3.05) is 32.7 Å². The van der Waals surface area contributed by atoms with Gasteiger partial charge in [-0.3, -0.25) is 4.79 Å². The number of carbonyl (C=O) groups excluding carboxylic acids is 1. The van der Waals surface area contributed by atoms with Crippen LogP contribution < -0.4 is 0 Å². The normalized spacial score (nSPS) is 16.9. The molecule has 0 atom stereocenters. The van der Waals surface area contributed by atoms with Crippen molar-refractivity contribution < 1.29 is 9.18 Å². The number of nitrogens with zero attached hydrogens (tertiary/aromatic N) is 2. The van der Waals surface area contributed by atoms with E-state index >= 15 is 0 Å². The smallest absolute Gasteiger partial charge is 0.256 e. The Hall–Kier alpha value is -0.940. The average Bonchev–Trinajstić information content (AvgIpc) is 2.41. The summed E-state index contributed by atoms with van der Waals surface area (Å²) in [4.78, 5) is 16.2. The molecule has 0 bridgehead atoms. The number of rotatable bonds is 2. The minimum atomic E-state index is -0.472. The van der Waals surface area contributed by atoms with Crippen LogP contribution in [0.15, 0.2) is 22.7 Å². The SMILES string of the molecule is CCN1CCN(C(=O)c2cccc(Br)c2F)CC1. The van der Waals surface area contributed by atoms with Crippen LogP contribution in [-0.4, -0.2) is 48.4 Å². The maximum Gasteiger partial charge on any atom is 0.256 e. The van der Waals surface area contributed by atoms with E-state index in [1.807, 2.05) is 0 Å². The van der Waals surface area contributed by atoms with E-state index in [1.165, 1.54) is 6.07 Å². The Kier molecular flexibility index (Phi) is 4.35. The summed E-state index contributed by atoms with van der Waals surface area (Å²) in [6.07, 6.45) is 0. The third kappa shape index (κ3) is 2.72. The van der Waals surface area contributed by atoms with Gasteiger partial charge in [0.05, 0.1) is 10.0 Å². The molecular weight excluding hydrogens is 299 g/mol. The Morgan fingerprint density at radius 3 is 2.61 bits per heavy atom. The molecule has 0 radical (unpaired) electrons. The highest BCUT2D eigenvalue weighted by molar-refractivity contribution is 9.10. The van der Waals surface area contributed by atoms with E-state index in [0.29, 0.717) is 17.6 Å². The third-order valence-corrected chi connectivity index (χ3v) is 3.90. The molecule has 1 amide bonds. The molecule has 18 heavy (non-hydrogen) atoms. The van der Waals surface area contributed by atoms with Crippen LogP contribution in [0.5, 0.6) is 0 Å². The van der Waals surface area contributed by atoms with Crippen LogP contribution >= 0.6 is 15.9 Å². The van der Waals surface area contributed by atoms with E-state index in [2.05, 4.69) is 27.8 Å². The molecule has 0 spiro atoms. The zero-order valence-electron chi connectivity index (χ0n) is 10.3. The molecule has 0 unspecified atom stereocenters. The fourth-order valence-corrected chi connectivity index (χ4v) is 2.47. The van der Waals surface area contributed by atoms with Gasteiger partial charge in [0.1, 0.15) is 5.82 Å². The minimum absolute atomic E-state index is 0.148.